The predicted octanol–water partition coefficient (Wildman–Crippen LogP) is 11.9. The van der Waals surface area contributed by atoms with E-state index in [1.54, 1.807) is 0 Å². The van der Waals surface area contributed by atoms with Gasteiger partial charge in [0.2, 0.25) is 0 Å². The first-order valence-electron chi connectivity index (χ1n) is 16.5. The number of hydrogen-bond acceptors (Lipinski definition) is 0. The average Bonchev–Trinajstić information content (AvgIpc) is 3.75. The molecule has 0 fully saturated rings. The monoisotopic (exact) mass is 582 g/mol. The summed E-state index contributed by atoms with van der Waals surface area (Å²) in [4.78, 5) is 0. The van der Waals surface area contributed by atoms with Crippen LogP contribution in [-0.2, 0) is 19.5 Å². The molecule has 0 spiro atoms. The molecule has 9 rings (SSSR count). The van der Waals surface area contributed by atoms with Crippen LogP contribution in [0.25, 0.3) is 77.0 Å². The van der Waals surface area contributed by atoms with E-state index in [4.69, 9.17) is 0 Å². The van der Waals surface area contributed by atoms with E-state index in [2.05, 4.69) is 144 Å². The first-order valence-corrected chi connectivity index (χ1v) is 16.5. The number of benzene rings is 6. The summed E-state index contributed by atoms with van der Waals surface area (Å²) < 4.78 is 4.85. The predicted molar refractivity (Wildman–Crippen MR) is 194 cm³/mol. The van der Waals surface area contributed by atoms with Gasteiger partial charge in [-0.15, -0.1) is 0 Å². The number of para-hydroxylation sites is 2. The Labute approximate surface area is 265 Å². The molecule has 0 amide bonds. The third-order valence-electron chi connectivity index (χ3n) is 9.73. The molecule has 0 unspecified atom stereocenters. The Kier molecular flexibility index (Phi) is 6.60. The molecular formula is C43H38N2. The standard InChI is InChI=1S/C41H32N2.C2H6/c1-3-42-38-11-7-5-9-32(38)36-24-28(17-19-40(36)42)26-13-15-30-21-31-16-14-27(23-35(31)34(30)22-26)29-18-20-41-37(25-29)33-10-6-8-12-39(33)43(41)4-2;1-2/h5-20,22-25H,3-4,21H2,1-2H3;1-2H3. The van der Waals surface area contributed by atoms with Gasteiger partial charge in [-0.2, -0.15) is 0 Å². The van der Waals surface area contributed by atoms with Gasteiger partial charge >= 0.3 is 0 Å². The highest BCUT2D eigenvalue weighted by Crippen LogP contribution is 2.42. The van der Waals surface area contributed by atoms with Gasteiger partial charge in [-0.05, 0) is 113 Å². The highest BCUT2D eigenvalue weighted by Gasteiger charge is 2.21. The Bertz CT molecular complexity index is 2230. The lowest BCUT2D eigenvalue weighted by Crippen LogP contribution is -1.92. The molecular weight excluding hydrogens is 544 g/mol. The zero-order valence-electron chi connectivity index (χ0n) is 26.6. The van der Waals surface area contributed by atoms with E-state index in [1.807, 2.05) is 13.8 Å². The topological polar surface area (TPSA) is 9.86 Å². The van der Waals surface area contributed by atoms with Crippen molar-refractivity contribution in [3.05, 3.63) is 132 Å². The van der Waals surface area contributed by atoms with Gasteiger partial charge in [0.25, 0.3) is 0 Å². The van der Waals surface area contributed by atoms with Crippen LogP contribution >= 0.6 is 0 Å². The molecule has 0 saturated carbocycles. The van der Waals surface area contributed by atoms with Gasteiger partial charge in [0.1, 0.15) is 0 Å². The summed E-state index contributed by atoms with van der Waals surface area (Å²) in [5.41, 5.74) is 15.9. The lowest BCUT2D eigenvalue weighted by molar-refractivity contribution is 0.827. The molecule has 0 aliphatic heterocycles. The lowest BCUT2D eigenvalue weighted by Gasteiger charge is -2.10. The number of nitrogens with zero attached hydrogens (tertiary/aromatic N) is 2. The molecule has 6 aromatic carbocycles. The molecule has 1 aliphatic carbocycles. The van der Waals surface area contributed by atoms with E-state index < -0.39 is 0 Å². The van der Waals surface area contributed by atoms with Crippen molar-refractivity contribution in [1.29, 1.82) is 0 Å². The van der Waals surface area contributed by atoms with E-state index in [-0.39, 0.29) is 0 Å². The molecule has 2 heterocycles. The van der Waals surface area contributed by atoms with Crippen LogP contribution in [0.2, 0.25) is 0 Å². The summed E-state index contributed by atoms with van der Waals surface area (Å²) in [6.45, 7) is 10.4. The molecule has 0 bridgehead atoms. The zero-order chi connectivity index (χ0) is 30.7. The number of aromatic nitrogens is 2. The van der Waals surface area contributed by atoms with Crippen LogP contribution in [0.5, 0.6) is 0 Å². The Morgan fingerprint density at radius 2 is 0.800 bits per heavy atom. The first kappa shape index (κ1) is 27.5. The molecule has 0 N–H and O–H groups in total. The summed E-state index contributed by atoms with van der Waals surface area (Å²) in [5.74, 6) is 0. The largest absolute Gasteiger partial charge is 0.341 e. The molecule has 45 heavy (non-hydrogen) atoms. The van der Waals surface area contributed by atoms with Gasteiger partial charge < -0.3 is 9.13 Å². The molecule has 220 valence electrons. The van der Waals surface area contributed by atoms with E-state index >= 15 is 0 Å². The van der Waals surface area contributed by atoms with Crippen LogP contribution in [-0.4, -0.2) is 9.13 Å². The second-order valence-corrected chi connectivity index (χ2v) is 11.9. The first-order chi connectivity index (χ1) is 22.2. The maximum Gasteiger partial charge on any atom is 0.0491 e. The van der Waals surface area contributed by atoms with Crippen LogP contribution in [0.15, 0.2) is 121 Å². The van der Waals surface area contributed by atoms with Crippen molar-refractivity contribution in [2.45, 2.75) is 47.2 Å². The minimum Gasteiger partial charge on any atom is -0.341 e. The fourth-order valence-corrected chi connectivity index (χ4v) is 7.67. The van der Waals surface area contributed by atoms with Crippen molar-refractivity contribution in [3.63, 3.8) is 0 Å². The Hall–Kier alpha value is -5.08. The molecule has 0 radical (unpaired) electrons. The molecule has 2 heteroatoms. The third kappa shape index (κ3) is 4.16. The van der Waals surface area contributed by atoms with Crippen molar-refractivity contribution in [3.8, 4) is 33.4 Å². The zero-order valence-corrected chi connectivity index (χ0v) is 26.6. The van der Waals surface area contributed by atoms with E-state index in [0.717, 1.165) is 19.5 Å². The van der Waals surface area contributed by atoms with Crippen molar-refractivity contribution < 1.29 is 0 Å². The minimum absolute atomic E-state index is 0.967. The molecule has 8 aromatic rings. The SMILES string of the molecule is CC.CCn1c2ccccc2c2cc(-c3ccc4c(c3)-c3cc(-c5ccc6c(c5)c5ccccc5n6CC)ccc3C4)ccc21. The van der Waals surface area contributed by atoms with Crippen LogP contribution in [0.4, 0.5) is 0 Å². The minimum atomic E-state index is 0.967. The normalized spacial score (nSPS) is 12.1. The number of rotatable bonds is 4. The maximum absolute atomic E-state index is 2.42. The third-order valence-corrected chi connectivity index (χ3v) is 9.73. The fraction of sp³-hybridized carbons (Fsp3) is 0.163. The maximum atomic E-state index is 2.42. The highest BCUT2D eigenvalue weighted by atomic mass is 15.0. The van der Waals surface area contributed by atoms with Gasteiger partial charge in [0.05, 0.1) is 0 Å². The quantitative estimate of drug-likeness (QED) is 0.195. The second kappa shape index (κ2) is 10.8. The number of aryl methyl sites for hydroxylation is 2. The molecule has 2 aromatic heterocycles. The highest BCUT2D eigenvalue weighted by molar-refractivity contribution is 6.10. The average molecular weight is 583 g/mol. The number of fused-ring (bicyclic) bond motifs is 9. The van der Waals surface area contributed by atoms with Gasteiger partial charge in [0.15, 0.2) is 0 Å². The van der Waals surface area contributed by atoms with Crippen LogP contribution in [0, 0.1) is 0 Å². The molecule has 2 nitrogen and oxygen atoms in total. The van der Waals surface area contributed by atoms with Crippen molar-refractivity contribution in [1.82, 2.24) is 9.13 Å². The Morgan fingerprint density at radius 3 is 1.24 bits per heavy atom. The summed E-state index contributed by atoms with van der Waals surface area (Å²) in [6, 6.07) is 45.7. The Balaban J connectivity index is 0.00000147. The van der Waals surface area contributed by atoms with Gasteiger partial charge in [0, 0.05) is 56.7 Å². The van der Waals surface area contributed by atoms with Gasteiger partial charge in [-0.3, -0.25) is 0 Å². The van der Waals surface area contributed by atoms with Gasteiger partial charge in [-0.25, -0.2) is 0 Å². The lowest BCUT2D eigenvalue weighted by atomic mass is 9.95. The van der Waals surface area contributed by atoms with Crippen LogP contribution < -0.4 is 0 Å². The van der Waals surface area contributed by atoms with E-state index in [1.165, 1.54) is 88.1 Å². The summed E-state index contributed by atoms with van der Waals surface area (Å²) in [7, 11) is 0. The Morgan fingerprint density at radius 1 is 0.422 bits per heavy atom. The van der Waals surface area contributed by atoms with Crippen molar-refractivity contribution in [2.24, 2.45) is 0 Å². The summed E-state index contributed by atoms with van der Waals surface area (Å²) >= 11 is 0. The fourth-order valence-electron chi connectivity index (χ4n) is 7.67. The molecule has 1 aliphatic rings. The van der Waals surface area contributed by atoms with Crippen molar-refractivity contribution >= 4 is 43.6 Å². The summed E-state index contributed by atoms with van der Waals surface area (Å²) in [5, 5.41) is 5.32. The molecule has 0 atom stereocenters. The smallest absolute Gasteiger partial charge is 0.0491 e. The van der Waals surface area contributed by atoms with Crippen LogP contribution in [0.3, 0.4) is 0 Å². The van der Waals surface area contributed by atoms with Crippen molar-refractivity contribution in [2.75, 3.05) is 0 Å². The van der Waals surface area contributed by atoms with Gasteiger partial charge in [-0.1, -0.05) is 86.6 Å². The van der Waals surface area contributed by atoms with Crippen LogP contribution in [0.1, 0.15) is 38.8 Å². The van der Waals surface area contributed by atoms with E-state index in [0.29, 0.717) is 0 Å². The van der Waals surface area contributed by atoms with E-state index in [9.17, 15) is 0 Å². The second-order valence-electron chi connectivity index (χ2n) is 11.9. The number of hydrogen-bond donors (Lipinski definition) is 0. The summed E-state index contributed by atoms with van der Waals surface area (Å²) in [6.07, 6.45) is 0.997. The molecule has 0 saturated heterocycles.